The van der Waals surface area contributed by atoms with Crippen LogP contribution in [0.1, 0.15) is 44.1 Å². The minimum absolute atomic E-state index is 0.0180. The fraction of sp³-hybridized carbons (Fsp3) is 0.562. The quantitative estimate of drug-likeness (QED) is 0.890. The molecule has 0 spiro atoms. The average molecular weight is 277 g/mol. The van der Waals surface area contributed by atoms with Crippen LogP contribution >= 0.6 is 0 Å². The van der Waals surface area contributed by atoms with Gasteiger partial charge >= 0.3 is 0 Å². The van der Waals surface area contributed by atoms with Crippen molar-refractivity contribution in [2.75, 3.05) is 0 Å². The molecule has 0 heterocycles. The first-order chi connectivity index (χ1) is 9.60. The maximum Gasteiger partial charge on any atom is 0.230 e. The lowest BCUT2D eigenvalue weighted by atomic mass is 9.90. The van der Waals surface area contributed by atoms with Gasteiger partial charge < -0.3 is 10.4 Å². The van der Waals surface area contributed by atoms with Gasteiger partial charge in [-0.15, -0.1) is 0 Å². The maximum absolute atomic E-state index is 13.3. The summed E-state index contributed by atoms with van der Waals surface area (Å²) >= 11 is 0. The van der Waals surface area contributed by atoms with E-state index in [9.17, 15) is 14.3 Å². The number of hydrogen-bond acceptors (Lipinski definition) is 2. The number of carbonyl (C=O) groups is 1. The topological polar surface area (TPSA) is 49.3 Å². The highest BCUT2D eigenvalue weighted by molar-refractivity contribution is 5.91. The number of amides is 1. The van der Waals surface area contributed by atoms with E-state index >= 15 is 0 Å². The fourth-order valence-electron chi connectivity index (χ4n) is 3.10. The van der Waals surface area contributed by atoms with E-state index in [2.05, 4.69) is 5.32 Å². The van der Waals surface area contributed by atoms with Crippen LogP contribution in [0.3, 0.4) is 0 Å². The third-order valence-electron chi connectivity index (χ3n) is 4.59. The Morgan fingerprint density at radius 3 is 2.55 bits per heavy atom. The van der Waals surface area contributed by atoms with Gasteiger partial charge in [0, 0.05) is 6.04 Å². The van der Waals surface area contributed by atoms with Crippen molar-refractivity contribution in [3.05, 3.63) is 35.6 Å². The molecule has 2 aliphatic rings. The van der Waals surface area contributed by atoms with Gasteiger partial charge in [-0.3, -0.25) is 4.79 Å². The highest BCUT2D eigenvalue weighted by atomic mass is 19.1. The average Bonchev–Trinajstić information content (AvgIpc) is 3.23. The zero-order chi connectivity index (χ0) is 14.2. The van der Waals surface area contributed by atoms with Crippen molar-refractivity contribution in [1.82, 2.24) is 5.32 Å². The van der Waals surface area contributed by atoms with Crippen molar-refractivity contribution in [1.29, 1.82) is 0 Å². The molecule has 0 radical (unpaired) electrons. The van der Waals surface area contributed by atoms with Gasteiger partial charge in [0.2, 0.25) is 5.91 Å². The third-order valence-corrected chi connectivity index (χ3v) is 4.59. The third kappa shape index (κ3) is 2.57. The molecule has 2 saturated carbocycles. The van der Waals surface area contributed by atoms with Gasteiger partial charge in [-0.25, -0.2) is 4.39 Å². The van der Waals surface area contributed by atoms with Gasteiger partial charge in [0.1, 0.15) is 5.82 Å². The summed E-state index contributed by atoms with van der Waals surface area (Å²) in [6.45, 7) is 0. The monoisotopic (exact) mass is 277 g/mol. The van der Waals surface area contributed by atoms with Crippen molar-refractivity contribution in [3.63, 3.8) is 0 Å². The van der Waals surface area contributed by atoms with Crippen LogP contribution in [-0.2, 0) is 10.2 Å². The molecule has 0 atom stereocenters. The molecule has 20 heavy (non-hydrogen) atoms. The van der Waals surface area contributed by atoms with Gasteiger partial charge in [-0.05, 0) is 56.2 Å². The molecule has 1 aromatic carbocycles. The minimum atomic E-state index is -0.516. The summed E-state index contributed by atoms with van der Waals surface area (Å²) in [6.07, 6.45) is 4.50. The van der Waals surface area contributed by atoms with E-state index in [0.29, 0.717) is 0 Å². The molecule has 4 heteroatoms. The Labute approximate surface area is 118 Å². The number of nitrogens with one attached hydrogen (secondary N) is 1. The lowest BCUT2D eigenvalue weighted by molar-refractivity contribution is -0.124. The van der Waals surface area contributed by atoms with E-state index in [1.807, 2.05) is 6.07 Å². The molecule has 2 fully saturated rings. The van der Waals surface area contributed by atoms with E-state index in [1.54, 1.807) is 6.07 Å². The molecule has 3 rings (SSSR count). The van der Waals surface area contributed by atoms with Crippen molar-refractivity contribution in [2.45, 2.75) is 56.1 Å². The first-order valence-electron chi connectivity index (χ1n) is 7.35. The molecule has 2 aliphatic carbocycles. The number of carbonyl (C=O) groups excluding carboxylic acids is 1. The molecule has 1 amide bonds. The predicted molar refractivity (Wildman–Crippen MR) is 73.7 cm³/mol. The molecule has 0 bridgehead atoms. The summed E-state index contributed by atoms with van der Waals surface area (Å²) in [6, 6.07) is 6.52. The number of hydrogen-bond donors (Lipinski definition) is 2. The number of benzene rings is 1. The van der Waals surface area contributed by atoms with Crippen LogP contribution in [0.4, 0.5) is 4.39 Å². The summed E-state index contributed by atoms with van der Waals surface area (Å²) in [4.78, 5) is 12.5. The molecule has 2 N–H and O–H groups in total. The van der Waals surface area contributed by atoms with Crippen LogP contribution < -0.4 is 5.32 Å². The van der Waals surface area contributed by atoms with Crippen LogP contribution in [0.5, 0.6) is 0 Å². The predicted octanol–water partition coefficient (Wildman–Crippen LogP) is 2.28. The highest BCUT2D eigenvalue weighted by Crippen LogP contribution is 2.48. The first kappa shape index (κ1) is 13.6. The van der Waals surface area contributed by atoms with Crippen molar-refractivity contribution in [3.8, 4) is 0 Å². The summed E-state index contributed by atoms with van der Waals surface area (Å²) in [5.74, 6) is -0.271. The largest absolute Gasteiger partial charge is 0.393 e. The van der Waals surface area contributed by atoms with Crippen LogP contribution in [0.25, 0.3) is 0 Å². The number of aliphatic hydroxyl groups is 1. The number of halogens is 1. The van der Waals surface area contributed by atoms with E-state index in [1.165, 1.54) is 12.1 Å². The Balaban J connectivity index is 1.68. The molecule has 0 aromatic heterocycles. The highest BCUT2D eigenvalue weighted by Gasteiger charge is 2.51. The summed E-state index contributed by atoms with van der Waals surface area (Å²) in [5, 5.41) is 12.6. The molecule has 0 saturated heterocycles. The van der Waals surface area contributed by atoms with Crippen molar-refractivity contribution >= 4 is 5.91 Å². The number of rotatable bonds is 3. The zero-order valence-corrected chi connectivity index (χ0v) is 11.4. The molecule has 108 valence electrons. The number of aliphatic hydroxyl groups excluding tert-OH is 1. The maximum atomic E-state index is 13.3. The lowest BCUT2D eigenvalue weighted by Gasteiger charge is -2.28. The molecular weight excluding hydrogens is 257 g/mol. The fourth-order valence-corrected chi connectivity index (χ4v) is 3.10. The van der Waals surface area contributed by atoms with E-state index in [-0.39, 0.29) is 23.9 Å². The minimum Gasteiger partial charge on any atom is -0.393 e. The standard InChI is InChI=1S/C16H20FNO2/c17-12-3-1-2-11(10-12)16(8-9-16)15(20)18-13-4-6-14(19)7-5-13/h1-3,10,13-14,19H,4-9H2,(H,18,20). The Morgan fingerprint density at radius 1 is 1.25 bits per heavy atom. The van der Waals surface area contributed by atoms with Gasteiger partial charge in [0.05, 0.1) is 11.5 Å². The van der Waals surface area contributed by atoms with Crippen LogP contribution in [0.2, 0.25) is 0 Å². The summed E-state index contributed by atoms with van der Waals surface area (Å²) in [7, 11) is 0. The Hall–Kier alpha value is -1.42. The van der Waals surface area contributed by atoms with Crippen LogP contribution in [-0.4, -0.2) is 23.2 Å². The SMILES string of the molecule is O=C(NC1CCC(O)CC1)C1(c2cccc(F)c2)CC1. The summed E-state index contributed by atoms with van der Waals surface area (Å²) in [5.41, 5.74) is 0.267. The van der Waals surface area contributed by atoms with E-state index < -0.39 is 5.41 Å². The van der Waals surface area contributed by atoms with E-state index in [4.69, 9.17) is 0 Å². The molecular formula is C16H20FNO2. The molecule has 0 unspecified atom stereocenters. The Morgan fingerprint density at radius 2 is 1.95 bits per heavy atom. The van der Waals surface area contributed by atoms with Crippen molar-refractivity contribution < 1.29 is 14.3 Å². The normalized spacial score (nSPS) is 27.9. The smallest absolute Gasteiger partial charge is 0.230 e. The second-order valence-electron chi connectivity index (χ2n) is 6.07. The van der Waals surface area contributed by atoms with E-state index in [0.717, 1.165) is 44.1 Å². The zero-order valence-electron chi connectivity index (χ0n) is 11.4. The summed E-state index contributed by atoms with van der Waals surface area (Å²) < 4.78 is 13.3. The van der Waals surface area contributed by atoms with Crippen molar-refractivity contribution in [2.24, 2.45) is 0 Å². The Bertz CT molecular complexity index is 505. The van der Waals surface area contributed by atoms with Gasteiger partial charge in [0.25, 0.3) is 0 Å². The lowest BCUT2D eigenvalue weighted by Crippen LogP contribution is -2.43. The van der Waals surface area contributed by atoms with Gasteiger partial charge in [0.15, 0.2) is 0 Å². The Kier molecular flexibility index (Phi) is 3.50. The first-order valence-corrected chi connectivity index (χ1v) is 7.35. The molecule has 0 aliphatic heterocycles. The second-order valence-corrected chi connectivity index (χ2v) is 6.07. The second kappa shape index (κ2) is 5.17. The van der Waals surface area contributed by atoms with Gasteiger partial charge in [-0.1, -0.05) is 12.1 Å². The van der Waals surface area contributed by atoms with Crippen LogP contribution in [0.15, 0.2) is 24.3 Å². The molecule has 1 aromatic rings. The van der Waals surface area contributed by atoms with Crippen LogP contribution in [0, 0.1) is 5.82 Å². The molecule has 3 nitrogen and oxygen atoms in total. The van der Waals surface area contributed by atoms with Gasteiger partial charge in [-0.2, -0.15) is 0 Å².